The molecule has 13 heavy (non-hydrogen) atoms. The third-order valence-corrected chi connectivity index (χ3v) is 2.06. The van der Waals surface area contributed by atoms with E-state index in [0.29, 0.717) is 0 Å². The lowest BCUT2D eigenvalue weighted by atomic mass is 10.0. The molecular formula is C10H13F2N. The van der Waals surface area contributed by atoms with Gasteiger partial charge in [0, 0.05) is 11.6 Å². The van der Waals surface area contributed by atoms with Crippen molar-refractivity contribution in [3.05, 3.63) is 35.4 Å². The van der Waals surface area contributed by atoms with Crippen LogP contribution < -0.4 is 5.73 Å². The first-order valence-corrected chi connectivity index (χ1v) is 4.28. The van der Waals surface area contributed by atoms with Crippen LogP contribution in [0.1, 0.15) is 36.9 Å². The molecule has 0 aromatic heterocycles. The molecule has 0 saturated carbocycles. The average molecular weight is 185 g/mol. The lowest BCUT2D eigenvalue weighted by Crippen LogP contribution is -2.08. The minimum absolute atomic E-state index is 0.0482. The van der Waals surface area contributed by atoms with Gasteiger partial charge in [-0.05, 0) is 12.0 Å². The van der Waals surface area contributed by atoms with Crippen LogP contribution in [0.25, 0.3) is 0 Å². The van der Waals surface area contributed by atoms with Gasteiger partial charge in [-0.3, -0.25) is 0 Å². The molecule has 0 spiro atoms. The van der Waals surface area contributed by atoms with E-state index in [4.69, 9.17) is 5.73 Å². The molecule has 1 aromatic rings. The summed E-state index contributed by atoms with van der Waals surface area (Å²) in [6.07, 6.45) is -1.58. The highest BCUT2D eigenvalue weighted by molar-refractivity contribution is 5.25. The highest BCUT2D eigenvalue weighted by Crippen LogP contribution is 2.21. The first-order valence-electron chi connectivity index (χ1n) is 4.28. The Bertz CT molecular complexity index is 256. The first kappa shape index (κ1) is 10.1. The zero-order chi connectivity index (χ0) is 9.84. The SMILES string of the molecule is CC[C@@H](N)c1ccc(C(F)F)cc1. The quantitative estimate of drug-likeness (QED) is 0.769. The lowest BCUT2D eigenvalue weighted by Gasteiger charge is -2.09. The number of rotatable bonds is 3. The predicted molar refractivity (Wildman–Crippen MR) is 48.6 cm³/mol. The Morgan fingerprint density at radius 3 is 2.00 bits per heavy atom. The summed E-state index contributed by atoms with van der Waals surface area (Å²) in [5, 5.41) is 0. The van der Waals surface area contributed by atoms with Gasteiger partial charge in [-0.2, -0.15) is 0 Å². The van der Waals surface area contributed by atoms with Crippen LogP contribution in [0.5, 0.6) is 0 Å². The van der Waals surface area contributed by atoms with E-state index in [1.165, 1.54) is 12.1 Å². The summed E-state index contributed by atoms with van der Waals surface area (Å²) in [6.45, 7) is 1.96. The molecule has 0 fully saturated rings. The summed E-state index contributed by atoms with van der Waals surface area (Å²) in [7, 11) is 0. The largest absolute Gasteiger partial charge is 0.324 e. The molecule has 1 aromatic carbocycles. The van der Waals surface area contributed by atoms with Gasteiger partial charge >= 0.3 is 0 Å². The summed E-state index contributed by atoms with van der Waals surface area (Å²) in [5.74, 6) is 0. The number of nitrogens with two attached hydrogens (primary N) is 1. The van der Waals surface area contributed by atoms with Crippen LogP contribution in [0.15, 0.2) is 24.3 Å². The van der Waals surface area contributed by atoms with Gasteiger partial charge in [0.1, 0.15) is 0 Å². The summed E-state index contributed by atoms with van der Waals surface area (Å²) >= 11 is 0. The molecule has 1 atom stereocenters. The van der Waals surface area contributed by atoms with Crippen molar-refractivity contribution in [2.75, 3.05) is 0 Å². The predicted octanol–water partition coefficient (Wildman–Crippen LogP) is 3.03. The van der Waals surface area contributed by atoms with Gasteiger partial charge in [-0.1, -0.05) is 31.2 Å². The maximum Gasteiger partial charge on any atom is 0.263 e. The van der Waals surface area contributed by atoms with E-state index >= 15 is 0 Å². The molecule has 0 radical (unpaired) electrons. The summed E-state index contributed by atoms with van der Waals surface area (Å²) in [5.41, 5.74) is 6.69. The second-order valence-corrected chi connectivity index (χ2v) is 2.98. The number of benzene rings is 1. The van der Waals surface area contributed by atoms with Crippen molar-refractivity contribution in [1.82, 2.24) is 0 Å². The highest BCUT2D eigenvalue weighted by Gasteiger charge is 2.07. The summed E-state index contributed by atoms with van der Waals surface area (Å²) in [4.78, 5) is 0. The maximum absolute atomic E-state index is 12.2. The Labute approximate surface area is 76.6 Å². The fourth-order valence-corrected chi connectivity index (χ4v) is 1.12. The van der Waals surface area contributed by atoms with Gasteiger partial charge in [0.15, 0.2) is 0 Å². The highest BCUT2D eigenvalue weighted by atomic mass is 19.3. The Morgan fingerprint density at radius 1 is 1.15 bits per heavy atom. The van der Waals surface area contributed by atoms with Crippen molar-refractivity contribution in [2.24, 2.45) is 5.73 Å². The molecular weight excluding hydrogens is 172 g/mol. The fraction of sp³-hybridized carbons (Fsp3) is 0.400. The second-order valence-electron chi connectivity index (χ2n) is 2.98. The number of hydrogen-bond donors (Lipinski definition) is 1. The molecule has 72 valence electrons. The third-order valence-electron chi connectivity index (χ3n) is 2.06. The number of halogens is 2. The van der Waals surface area contributed by atoms with Gasteiger partial charge in [-0.25, -0.2) is 8.78 Å². The van der Waals surface area contributed by atoms with Gasteiger partial charge in [-0.15, -0.1) is 0 Å². The van der Waals surface area contributed by atoms with Crippen molar-refractivity contribution in [2.45, 2.75) is 25.8 Å². The Morgan fingerprint density at radius 2 is 1.62 bits per heavy atom. The normalized spacial score (nSPS) is 13.3. The van der Waals surface area contributed by atoms with E-state index < -0.39 is 6.43 Å². The van der Waals surface area contributed by atoms with Gasteiger partial charge in [0.2, 0.25) is 0 Å². The van der Waals surface area contributed by atoms with Crippen molar-refractivity contribution in [3.63, 3.8) is 0 Å². The van der Waals surface area contributed by atoms with Crippen molar-refractivity contribution in [3.8, 4) is 0 Å². The van der Waals surface area contributed by atoms with E-state index in [9.17, 15) is 8.78 Å². The fourth-order valence-electron chi connectivity index (χ4n) is 1.12. The number of hydrogen-bond acceptors (Lipinski definition) is 1. The summed E-state index contributed by atoms with van der Waals surface area (Å²) in [6, 6.07) is 6.13. The van der Waals surface area contributed by atoms with Crippen molar-refractivity contribution in [1.29, 1.82) is 0 Å². The standard InChI is InChI=1S/C10H13F2N/c1-2-9(13)7-3-5-8(6-4-7)10(11)12/h3-6,9-10H,2,13H2,1H3/t9-/m1/s1. The Hall–Kier alpha value is -0.960. The second kappa shape index (κ2) is 4.33. The van der Waals surface area contributed by atoms with Crippen molar-refractivity contribution >= 4 is 0 Å². The number of alkyl halides is 2. The zero-order valence-corrected chi connectivity index (χ0v) is 7.50. The molecule has 0 unspecified atom stereocenters. The van der Waals surface area contributed by atoms with Crippen LogP contribution in [-0.2, 0) is 0 Å². The first-order chi connectivity index (χ1) is 6.15. The smallest absolute Gasteiger partial charge is 0.263 e. The average Bonchev–Trinajstić information content (AvgIpc) is 2.17. The Kier molecular flexibility index (Phi) is 3.37. The molecule has 0 aliphatic heterocycles. The molecule has 0 heterocycles. The van der Waals surface area contributed by atoms with E-state index in [-0.39, 0.29) is 11.6 Å². The van der Waals surface area contributed by atoms with Crippen LogP contribution in [0.3, 0.4) is 0 Å². The third kappa shape index (κ3) is 2.49. The van der Waals surface area contributed by atoms with Crippen LogP contribution in [0.4, 0.5) is 8.78 Å². The lowest BCUT2D eigenvalue weighted by molar-refractivity contribution is 0.151. The van der Waals surface area contributed by atoms with Gasteiger partial charge in [0.25, 0.3) is 6.43 Å². The molecule has 0 aliphatic carbocycles. The topological polar surface area (TPSA) is 26.0 Å². The molecule has 3 heteroatoms. The molecule has 0 saturated heterocycles. The Balaban J connectivity index is 2.81. The molecule has 1 rings (SSSR count). The molecule has 2 N–H and O–H groups in total. The summed E-state index contributed by atoms with van der Waals surface area (Å²) < 4.78 is 24.3. The molecule has 1 nitrogen and oxygen atoms in total. The maximum atomic E-state index is 12.2. The van der Waals surface area contributed by atoms with Gasteiger partial charge < -0.3 is 5.73 Å². The van der Waals surface area contributed by atoms with E-state index in [0.717, 1.165) is 12.0 Å². The van der Waals surface area contributed by atoms with E-state index in [1.54, 1.807) is 12.1 Å². The van der Waals surface area contributed by atoms with Crippen molar-refractivity contribution < 1.29 is 8.78 Å². The van der Waals surface area contributed by atoms with E-state index in [2.05, 4.69) is 0 Å². The van der Waals surface area contributed by atoms with E-state index in [1.807, 2.05) is 6.92 Å². The van der Waals surface area contributed by atoms with Crippen LogP contribution in [0.2, 0.25) is 0 Å². The van der Waals surface area contributed by atoms with Crippen LogP contribution in [0, 0.1) is 0 Å². The minimum Gasteiger partial charge on any atom is -0.324 e. The van der Waals surface area contributed by atoms with Gasteiger partial charge in [0.05, 0.1) is 0 Å². The molecule has 0 aliphatic rings. The molecule has 0 bridgehead atoms. The zero-order valence-electron chi connectivity index (χ0n) is 7.50. The van der Waals surface area contributed by atoms with Crippen LogP contribution in [-0.4, -0.2) is 0 Å². The minimum atomic E-state index is -2.40. The van der Waals surface area contributed by atoms with Crippen LogP contribution >= 0.6 is 0 Å². The monoisotopic (exact) mass is 185 g/mol. The molecule has 0 amide bonds.